The molecule has 78 valence electrons. The third kappa shape index (κ3) is 3.06. The second kappa shape index (κ2) is 5.70. The average molecular weight is 214 g/mol. The van der Waals surface area contributed by atoms with Crippen LogP contribution in [0, 0.1) is 0 Å². The Kier molecular flexibility index (Phi) is 4.52. The predicted octanol–water partition coefficient (Wildman–Crippen LogP) is 0.962. The molecule has 0 bridgehead atoms. The molecular weight excluding hydrogens is 200 g/mol. The van der Waals surface area contributed by atoms with Gasteiger partial charge in [-0.15, -0.1) is 5.10 Å². The first kappa shape index (κ1) is 11.1. The lowest BCUT2D eigenvalue weighted by Gasteiger charge is -2.04. The van der Waals surface area contributed by atoms with Gasteiger partial charge in [-0.3, -0.25) is 4.79 Å². The molecule has 1 rings (SSSR count). The first-order chi connectivity index (χ1) is 6.77. The molecule has 0 aliphatic rings. The van der Waals surface area contributed by atoms with Gasteiger partial charge in [0, 0.05) is 18.7 Å². The Bertz CT molecular complexity index is 338. The lowest BCUT2D eigenvalue weighted by molar-refractivity contribution is 0.373. The number of aromatic nitrogens is 2. The van der Waals surface area contributed by atoms with Crippen molar-refractivity contribution in [2.45, 2.75) is 19.4 Å². The van der Waals surface area contributed by atoms with E-state index in [1.54, 1.807) is 6.07 Å². The van der Waals surface area contributed by atoms with Gasteiger partial charge in [0.25, 0.3) is 5.56 Å². The minimum absolute atomic E-state index is 0.0926. The minimum Gasteiger partial charge on any atom is -0.480 e. The molecule has 4 nitrogen and oxygen atoms in total. The third-order valence-corrected chi connectivity index (χ3v) is 2.15. The number of methoxy groups -OCH3 is 1. The SMILES string of the molecule is COc1ccc(=O)n(CCCCS)n1. The number of thiol groups is 1. The molecule has 0 saturated carbocycles. The molecule has 1 aromatic rings. The van der Waals surface area contributed by atoms with E-state index < -0.39 is 0 Å². The van der Waals surface area contributed by atoms with Gasteiger partial charge in [0.15, 0.2) is 0 Å². The van der Waals surface area contributed by atoms with E-state index in [2.05, 4.69) is 17.7 Å². The van der Waals surface area contributed by atoms with Gasteiger partial charge in [-0.1, -0.05) is 0 Å². The summed E-state index contributed by atoms with van der Waals surface area (Å²) in [5, 5.41) is 4.02. The Hall–Kier alpha value is -0.970. The highest BCUT2D eigenvalue weighted by Gasteiger charge is 1.99. The lowest BCUT2D eigenvalue weighted by Crippen LogP contribution is -2.22. The van der Waals surface area contributed by atoms with E-state index in [1.807, 2.05) is 0 Å². The third-order valence-electron chi connectivity index (χ3n) is 1.83. The Morgan fingerprint density at radius 2 is 2.29 bits per heavy atom. The van der Waals surface area contributed by atoms with Crippen LogP contribution < -0.4 is 10.3 Å². The number of aryl methyl sites for hydroxylation is 1. The van der Waals surface area contributed by atoms with Gasteiger partial charge in [0.2, 0.25) is 5.88 Å². The molecule has 0 N–H and O–H groups in total. The summed E-state index contributed by atoms with van der Waals surface area (Å²) < 4.78 is 6.35. The average Bonchev–Trinajstić information content (AvgIpc) is 2.21. The van der Waals surface area contributed by atoms with Crippen molar-refractivity contribution in [2.75, 3.05) is 12.9 Å². The highest BCUT2D eigenvalue weighted by Crippen LogP contribution is 2.00. The Labute approximate surface area is 88.3 Å². The van der Waals surface area contributed by atoms with E-state index in [0.717, 1.165) is 18.6 Å². The zero-order valence-corrected chi connectivity index (χ0v) is 9.04. The normalized spacial score (nSPS) is 10.1. The molecule has 0 aliphatic carbocycles. The van der Waals surface area contributed by atoms with Crippen LogP contribution >= 0.6 is 12.6 Å². The summed E-state index contributed by atoms with van der Waals surface area (Å²) in [5.41, 5.74) is -0.0926. The van der Waals surface area contributed by atoms with Crippen LogP contribution in [0.5, 0.6) is 5.88 Å². The standard InChI is InChI=1S/C9H14N2O2S/c1-13-8-4-5-9(12)11(10-8)6-2-3-7-14/h4-5,14H,2-3,6-7H2,1H3. The molecule has 0 fully saturated rings. The van der Waals surface area contributed by atoms with Crippen molar-refractivity contribution in [1.82, 2.24) is 9.78 Å². The summed E-state index contributed by atoms with van der Waals surface area (Å²) >= 11 is 4.10. The Morgan fingerprint density at radius 3 is 2.93 bits per heavy atom. The van der Waals surface area contributed by atoms with Crippen LogP contribution in [0.3, 0.4) is 0 Å². The molecule has 0 saturated heterocycles. The predicted molar refractivity (Wildman–Crippen MR) is 58.1 cm³/mol. The number of nitrogens with zero attached hydrogens (tertiary/aromatic N) is 2. The smallest absolute Gasteiger partial charge is 0.266 e. The van der Waals surface area contributed by atoms with Crippen LogP contribution in [0.15, 0.2) is 16.9 Å². The van der Waals surface area contributed by atoms with Crippen LogP contribution in [0.1, 0.15) is 12.8 Å². The van der Waals surface area contributed by atoms with Gasteiger partial charge in [-0.05, 0) is 18.6 Å². The number of unbranched alkanes of at least 4 members (excludes halogenated alkanes) is 1. The van der Waals surface area contributed by atoms with Crippen LogP contribution in [0.25, 0.3) is 0 Å². The number of hydrogen-bond donors (Lipinski definition) is 1. The Morgan fingerprint density at radius 1 is 1.50 bits per heavy atom. The van der Waals surface area contributed by atoms with Crippen molar-refractivity contribution in [3.05, 3.63) is 22.5 Å². The number of rotatable bonds is 5. The fourth-order valence-electron chi connectivity index (χ4n) is 1.07. The molecule has 0 aromatic carbocycles. The second-order valence-electron chi connectivity index (χ2n) is 2.87. The van der Waals surface area contributed by atoms with E-state index in [-0.39, 0.29) is 5.56 Å². The quantitative estimate of drug-likeness (QED) is 0.586. The Balaban J connectivity index is 2.69. The van der Waals surface area contributed by atoms with E-state index in [4.69, 9.17) is 4.74 Å². The number of ether oxygens (including phenoxy) is 1. The molecule has 1 aromatic heterocycles. The summed E-state index contributed by atoms with van der Waals surface area (Å²) in [6, 6.07) is 3.03. The molecular formula is C9H14N2O2S. The van der Waals surface area contributed by atoms with Gasteiger partial charge in [0.1, 0.15) is 0 Å². The monoisotopic (exact) mass is 214 g/mol. The molecule has 0 aliphatic heterocycles. The summed E-state index contributed by atoms with van der Waals surface area (Å²) in [6.07, 6.45) is 1.89. The first-order valence-electron chi connectivity index (χ1n) is 4.51. The topological polar surface area (TPSA) is 44.1 Å². The van der Waals surface area contributed by atoms with Gasteiger partial charge in [-0.2, -0.15) is 12.6 Å². The largest absolute Gasteiger partial charge is 0.480 e. The maximum atomic E-state index is 11.3. The van der Waals surface area contributed by atoms with Crippen molar-refractivity contribution < 1.29 is 4.74 Å². The molecule has 0 unspecified atom stereocenters. The van der Waals surface area contributed by atoms with E-state index in [1.165, 1.54) is 17.9 Å². The van der Waals surface area contributed by atoms with Crippen molar-refractivity contribution in [3.8, 4) is 5.88 Å². The highest BCUT2D eigenvalue weighted by molar-refractivity contribution is 7.80. The van der Waals surface area contributed by atoms with Crippen LogP contribution in [0.2, 0.25) is 0 Å². The van der Waals surface area contributed by atoms with Crippen LogP contribution in [-0.4, -0.2) is 22.6 Å². The number of hydrogen-bond acceptors (Lipinski definition) is 4. The molecule has 1 heterocycles. The zero-order chi connectivity index (χ0) is 10.4. The van der Waals surface area contributed by atoms with Gasteiger partial charge < -0.3 is 4.74 Å². The summed E-state index contributed by atoms with van der Waals surface area (Å²) in [7, 11) is 1.53. The molecule has 0 spiro atoms. The van der Waals surface area contributed by atoms with E-state index in [0.29, 0.717) is 12.4 Å². The van der Waals surface area contributed by atoms with Crippen LogP contribution in [0.4, 0.5) is 0 Å². The molecule has 0 atom stereocenters. The van der Waals surface area contributed by atoms with Gasteiger partial charge in [-0.25, -0.2) is 4.68 Å². The highest BCUT2D eigenvalue weighted by atomic mass is 32.1. The van der Waals surface area contributed by atoms with Crippen LogP contribution in [-0.2, 0) is 6.54 Å². The molecule has 5 heteroatoms. The van der Waals surface area contributed by atoms with Gasteiger partial charge >= 0.3 is 0 Å². The summed E-state index contributed by atoms with van der Waals surface area (Å²) in [6.45, 7) is 0.622. The summed E-state index contributed by atoms with van der Waals surface area (Å²) in [5.74, 6) is 1.30. The molecule has 0 amide bonds. The molecule has 14 heavy (non-hydrogen) atoms. The maximum Gasteiger partial charge on any atom is 0.266 e. The first-order valence-corrected chi connectivity index (χ1v) is 5.14. The van der Waals surface area contributed by atoms with Crippen molar-refractivity contribution in [3.63, 3.8) is 0 Å². The fraction of sp³-hybridized carbons (Fsp3) is 0.556. The van der Waals surface area contributed by atoms with E-state index >= 15 is 0 Å². The van der Waals surface area contributed by atoms with Crippen molar-refractivity contribution in [2.24, 2.45) is 0 Å². The fourth-order valence-corrected chi connectivity index (χ4v) is 1.30. The second-order valence-corrected chi connectivity index (χ2v) is 3.32. The van der Waals surface area contributed by atoms with Crippen molar-refractivity contribution in [1.29, 1.82) is 0 Å². The van der Waals surface area contributed by atoms with Gasteiger partial charge in [0.05, 0.1) is 7.11 Å². The van der Waals surface area contributed by atoms with E-state index in [9.17, 15) is 4.79 Å². The molecule has 0 radical (unpaired) electrons. The lowest BCUT2D eigenvalue weighted by atomic mass is 10.3. The zero-order valence-electron chi connectivity index (χ0n) is 8.14. The summed E-state index contributed by atoms with van der Waals surface area (Å²) in [4.78, 5) is 11.3. The minimum atomic E-state index is -0.0926. The maximum absolute atomic E-state index is 11.3. The van der Waals surface area contributed by atoms with Crippen molar-refractivity contribution >= 4 is 12.6 Å².